The standard InChI is InChI=1S/C25H30ClNO2/c1-4-18-11-13-21(17(3)15-18)25(24(5-2)27(28)29)20-12-14-23(26)22(16-20)19-9-7-6-8-10-19/h11-16,19,24H,2,4-10H2,1,3H3. The first-order valence-electron chi connectivity index (χ1n) is 10.7. The van der Waals surface area contributed by atoms with E-state index in [1.807, 2.05) is 25.1 Å². The second-order valence-corrected chi connectivity index (χ2v) is 8.48. The predicted molar refractivity (Wildman–Crippen MR) is 120 cm³/mol. The number of rotatable bonds is 7. The zero-order valence-corrected chi connectivity index (χ0v) is 18.2. The van der Waals surface area contributed by atoms with Gasteiger partial charge in [0, 0.05) is 16.4 Å². The summed E-state index contributed by atoms with van der Waals surface area (Å²) in [5, 5.41) is 12.7. The molecule has 0 amide bonds. The molecule has 0 bridgehead atoms. The van der Waals surface area contributed by atoms with Crippen molar-refractivity contribution in [3.63, 3.8) is 0 Å². The van der Waals surface area contributed by atoms with Gasteiger partial charge in [-0.25, -0.2) is 0 Å². The van der Waals surface area contributed by atoms with Crippen molar-refractivity contribution < 1.29 is 4.92 Å². The molecule has 1 unspecified atom stereocenters. The van der Waals surface area contributed by atoms with Crippen LogP contribution in [0.2, 0.25) is 5.02 Å². The molecule has 0 saturated heterocycles. The lowest BCUT2D eigenvalue weighted by Crippen LogP contribution is -2.29. The lowest BCUT2D eigenvalue weighted by atomic mass is 9.78. The summed E-state index contributed by atoms with van der Waals surface area (Å²) in [5.41, 5.74) is 5.26. The summed E-state index contributed by atoms with van der Waals surface area (Å²) < 4.78 is 0. The van der Waals surface area contributed by atoms with E-state index in [0.29, 0.717) is 5.92 Å². The second-order valence-electron chi connectivity index (χ2n) is 8.08. The Morgan fingerprint density at radius 2 is 1.93 bits per heavy atom. The van der Waals surface area contributed by atoms with Gasteiger partial charge < -0.3 is 0 Å². The summed E-state index contributed by atoms with van der Waals surface area (Å²) in [6.07, 6.45) is 7.13. The van der Waals surface area contributed by atoms with Crippen LogP contribution in [0, 0.1) is 29.9 Å². The van der Waals surface area contributed by atoms with Crippen LogP contribution in [0.4, 0.5) is 0 Å². The van der Waals surface area contributed by atoms with E-state index in [2.05, 4.69) is 32.0 Å². The van der Waals surface area contributed by atoms with Crippen molar-refractivity contribution in [2.24, 2.45) is 0 Å². The molecular weight excluding hydrogens is 382 g/mol. The van der Waals surface area contributed by atoms with Gasteiger partial charge in [-0.3, -0.25) is 10.1 Å². The molecule has 2 aromatic carbocycles. The van der Waals surface area contributed by atoms with Crippen LogP contribution in [0.1, 0.15) is 79.2 Å². The Labute approximate surface area is 179 Å². The quantitative estimate of drug-likeness (QED) is 0.360. The van der Waals surface area contributed by atoms with E-state index in [1.165, 1.54) is 24.8 Å². The van der Waals surface area contributed by atoms with Crippen molar-refractivity contribution in [1.82, 2.24) is 0 Å². The van der Waals surface area contributed by atoms with Crippen LogP contribution in [0.15, 0.2) is 36.4 Å². The van der Waals surface area contributed by atoms with Crippen LogP contribution in [0.5, 0.6) is 0 Å². The maximum absolute atomic E-state index is 11.9. The summed E-state index contributed by atoms with van der Waals surface area (Å²) in [7, 11) is 0. The van der Waals surface area contributed by atoms with E-state index in [4.69, 9.17) is 11.6 Å². The van der Waals surface area contributed by atoms with Gasteiger partial charge in [-0.1, -0.05) is 68.1 Å². The predicted octanol–water partition coefficient (Wildman–Crippen LogP) is 7.10. The largest absolute Gasteiger partial charge is 0.264 e. The third-order valence-corrected chi connectivity index (χ3v) is 6.55. The maximum Gasteiger partial charge on any atom is 0.228 e. The molecule has 1 saturated carbocycles. The summed E-state index contributed by atoms with van der Waals surface area (Å²) >= 11 is 6.57. The third-order valence-electron chi connectivity index (χ3n) is 6.20. The molecule has 154 valence electrons. The van der Waals surface area contributed by atoms with E-state index in [-0.39, 0.29) is 11.3 Å². The van der Waals surface area contributed by atoms with Crippen LogP contribution >= 0.6 is 11.6 Å². The molecule has 0 aliphatic heterocycles. The van der Waals surface area contributed by atoms with E-state index < -0.39 is 6.04 Å². The lowest BCUT2D eigenvalue weighted by Gasteiger charge is -2.26. The van der Waals surface area contributed by atoms with Crippen molar-refractivity contribution in [3.05, 3.63) is 92.2 Å². The SMILES string of the molecule is [CH2]CC([C](c1ccc(Cl)c(C2CCCCC2)c1)c1ccc(CC)cc1C)[N+](=O)[O-]. The Morgan fingerprint density at radius 3 is 2.52 bits per heavy atom. The number of hydrogen-bond donors (Lipinski definition) is 0. The molecule has 0 N–H and O–H groups in total. The Kier molecular flexibility index (Phi) is 7.34. The molecule has 3 nitrogen and oxygen atoms in total. The average Bonchev–Trinajstić information content (AvgIpc) is 2.73. The number of nitro groups is 1. The Hall–Kier alpha value is -1.87. The number of benzene rings is 2. The highest BCUT2D eigenvalue weighted by molar-refractivity contribution is 6.31. The number of nitrogens with zero attached hydrogens (tertiary/aromatic N) is 1. The maximum atomic E-state index is 11.9. The van der Waals surface area contributed by atoms with Gasteiger partial charge in [0.15, 0.2) is 0 Å². The smallest absolute Gasteiger partial charge is 0.228 e. The van der Waals surface area contributed by atoms with E-state index >= 15 is 0 Å². The van der Waals surface area contributed by atoms with Crippen LogP contribution in [0.3, 0.4) is 0 Å². The summed E-state index contributed by atoms with van der Waals surface area (Å²) in [6.45, 7) is 8.03. The molecule has 0 spiro atoms. The zero-order valence-electron chi connectivity index (χ0n) is 17.4. The lowest BCUT2D eigenvalue weighted by molar-refractivity contribution is -0.514. The minimum Gasteiger partial charge on any atom is -0.264 e. The molecule has 0 heterocycles. The minimum absolute atomic E-state index is 0.204. The first kappa shape index (κ1) is 21.8. The van der Waals surface area contributed by atoms with Gasteiger partial charge in [0.25, 0.3) is 0 Å². The number of aryl methyl sites for hydroxylation is 2. The highest BCUT2D eigenvalue weighted by Crippen LogP contribution is 2.40. The molecular formula is C25H30ClNO2. The minimum atomic E-state index is -0.846. The fraction of sp³-hybridized carbons (Fsp3) is 0.440. The van der Waals surface area contributed by atoms with Crippen molar-refractivity contribution >= 4 is 11.6 Å². The molecule has 1 aliphatic carbocycles. The highest BCUT2D eigenvalue weighted by atomic mass is 35.5. The fourth-order valence-electron chi connectivity index (χ4n) is 4.57. The molecule has 2 radical (unpaired) electrons. The van der Waals surface area contributed by atoms with Crippen LogP contribution in [-0.4, -0.2) is 11.0 Å². The van der Waals surface area contributed by atoms with Crippen molar-refractivity contribution in [2.45, 2.75) is 70.8 Å². The Balaban J connectivity index is 2.10. The van der Waals surface area contributed by atoms with E-state index in [0.717, 1.165) is 52.5 Å². The van der Waals surface area contributed by atoms with Crippen LogP contribution in [0.25, 0.3) is 0 Å². The Morgan fingerprint density at radius 1 is 1.21 bits per heavy atom. The van der Waals surface area contributed by atoms with Crippen molar-refractivity contribution in [1.29, 1.82) is 0 Å². The van der Waals surface area contributed by atoms with Crippen molar-refractivity contribution in [3.8, 4) is 0 Å². The summed E-state index contributed by atoms with van der Waals surface area (Å²) in [4.78, 5) is 11.7. The average molecular weight is 412 g/mol. The van der Waals surface area contributed by atoms with Gasteiger partial charge in [0.1, 0.15) is 5.92 Å². The summed E-state index contributed by atoms with van der Waals surface area (Å²) in [6, 6.07) is 11.3. The molecule has 1 atom stereocenters. The van der Waals surface area contributed by atoms with Crippen LogP contribution in [-0.2, 0) is 6.42 Å². The van der Waals surface area contributed by atoms with Crippen LogP contribution < -0.4 is 0 Å². The van der Waals surface area contributed by atoms with Gasteiger partial charge in [0.05, 0.1) is 0 Å². The number of hydrogen-bond acceptors (Lipinski definition) is 2. The summed E-state index contributed by atoms with van der Waals surface area (Å²) in [5.74, 6) is 1.19. The van der Waals surface area contributed by atoms with Gasteiger partial charge >= 0.3 is 0 Å². The monoisotopic (exact) mass is 411 g/mol. The van der Waals surface area contributed by atoms with E-state index in [1.54, 1.807) is 0 Å². The number of halogens is 1. The van der Waals surface area contributed by atoms with Gasteiger partial charge in [-0.05, 0) is 72.9 Å². The topological polar surface area (TPSA) is 43.1 Å². The molecule has 29 heavy (non-hydrogen) atoms. The van der Waals surface area contributed by atoms with Gasteiger partial charge in [0.2, 0.25) is 6.04 Å². The zero-order chi connectivity index (χ0) is 21.0. The molecule has 0 aromatic heterocycles. The first-order chi connectivity index (χ1) is 14.0. The fourth-order valence-corrected chi connectivity index (χ4v) is 4.84. The van der Waals surface area contributed by atoms with E-state index in [9.17, 15) is 10.1 Å². The van der Waals surface area contributed by atoms with Gasteiger partial charge in [-0.15, -0.1) is 0 Å². The molecule has 2 aromatic rings. The molecule has 4 heteroatoms. The normalized spacial score (nSPS) is 16.2. The molecule has 1 fully saturated rings. The van der Waals surface area contributed by atoms with Crippen molar-refractivity contribution in [2.75, 3.05) is 0 Å². The highest BCUT2D eigenvalue weighted by Gasteiger charge is 2.35. The third kappa shape index (κ3) is 4.83. The first-order valence-corrected chi connectivity index (χ1v) is 11.0. The molecule has 3 rings (SSSR count). The Bertz CT molecular complexity index is 858. The molecule has 1 aliphatic rings. The second kappa shape index (κ2) is 9.75. The van der Waals surface area contributed by atoms with Gasteiger partial charge in [-0.2, -0.15) is 0 Å².